The van der Waals surface area contributed by atoms with E-state index >= 15 is 0 Å². The SMILES string of the molecule is COc1cccc(CC2CCCN2C(=O)Cc2ccc(NS(=O)(=O)c3ccc(F)cc3)cc2)c1. The largest absolute Gasteiger partial charge is 0.497 e. The van der Waals surface area contributed by atoms with Crippen molar-refractivity contribution in [3.8, 4) is 5.75 Å². The highest BCUT2D eigenvalue weighted by Gasteiger charge is 2.28. The van der Waals surface area contributed by atoms with Crippen LogP contribution < -0.4 is 9.46 Å². The van der Waals surface area contributed by atoms with E-state index in [1.54, 1.807) is 31.4 Å². The van der Waals surface area contributed by atoms with Gasteiger partial charge in [0.05, 0.1) is 18.4 Å². The summed E-state index contributed by atoms with van der Waals surface area (Å²) in [4.78, 5) is 14.9. The molecule has 1 aliphatic rings. The molecule has 0 saturated carbocycles. The zero-order valence-electron chi connectivity index (χ0n) is 18.9. The maximum Gasteiger partial charge on any atom is 0.261 e. The van der Waals surface area contributed by atoms with Crippen molar-refractivity contribution in [3.05, 3.63) is 89.7 Å². The Kier molecular flexibility index (Phi) is 7.17. The Morgan fingerprint density at radius 2 is 1.79 bits per heavy atom. The fourth-order valence-electron chi connectivity index (χ4n) is 4.24. The lowest BCUT2D eigenvalue weighted by Crippen LogP contribution is -2.37. The standard InChI is InChI=1S/C26H27FN2O4S/c1-33-24-6-2-4-20(17-24)16-23-5-3-15-29(23)26(30)18-19-7-11-22(12-8-19)28-34(31,32)25-13-9-21(27)10-14-25/h2,4,6-14,17,23,28H,3,5,15-16,18H2,1H3. The van der Waals surface area contributed by atoms with Crippen molar-refractivity contribution in [2.45, 2.75) is 36.6 Å². The summed E-state index contributed by atoms with van der Waals surface area (Å²) in [6.45, 7) is 0.739. The van der Waals surface area contributed by atoms with Crippen molar-refractivity contribution < 1.29 is 22.3 Å². The molecule has 1 N–H and O–H groups in total. The third-order valence-electron chi connectivity index (χ3n) is 5.99. The first-order valence-electron chi connectivity index (χ1n) is 11.1. The van der Waals surface area contributed by atoms with Gasteiger partial charge in [-0.2, -0.15) is 0 Å². The second kappa shape index (κ2) is 10.3. The lowest BCUT2D eigenvalue weighted by atomic mass is 10.0. The third kappa shape index (κ3) is 5.75. The van der Waals surface area contributed by atoms with Crippen LogP contribution >= 0.6 is 0 Å². The van der Waals surface area contributed by atoms with Gasteiger partial charge in [0.1, 0.15) is 11.6 Å². The van der Waals surface area contributed by atoms with Crippen molar-refractivity contribution in [1.82, 2.24) is 4.90 Å². The molecule has 0 bridgehead atoms. The first-order valence-corrected chi connectivity index (χ1v) is 12.6. The number of hydrogen-bond donors (Lipinski definition) is 1. The molecule has 34 heavy (non-hydrogen) atoms. The van der Waals surface area contributed by atoms with E-state index in [9.17, 15) is 17.6 Å². The van der Waals surface area contributed by atoms with E-state index in [1.807, 2.05) is 23.1 Å². The molecule has 1 heterocycles. The number of halogens is 1. The van der Waals surface area contributed by atoms with Gasteiger partial charge in [-0.3, -0.25) is 9.52 Å². The molecular formula is C26H27FN2O4S. The fraction of sp³-hybridized carbons (Fsp3) is 0.269. The van der Waals surface area contributed by atoms with Crippen LogP contribution in [0.25, 0.3) is 0 Å². The summed E-state index contributed by atoms with van der Waals surface area (Å²) in [5.74, 6) is 0.366. The molecule has 178 valence electrons. The van der Waals surface area contributed by atoms with Gasteiger partial charge >= 0.3 is 0 Å². The number of likely N-dealkylation sites (tertiary alicyclic amines) is 1. The van der Waals surface area contributed by atoms with Crippen molar-refractivity contribution in [2.75, 3.05) is 18.4 Å². The molecule has 0 aromatic heterocycles. The van der Waals surface area contributed by atoms with Gasteiger partial charge in [0.25, 0.3) is 10.0 Å². The minimum Gasteiger partial charge on any atom is -0.497 e. The van der Waals surface area contributed by atoms with Gasteiger partial charge in [0.2, 0.25) is 5.91 Å². The van der Waals surface area contributed by atoms with Crippen LogP contribution in [0.3, 0.4) is 0 Å². The Labute approximate surface area is 199 Å². The second-order valence-electron chi connectivity index (χ2n) is 8.37. The van der Waals surface area contributed by atoms with E-state index in [-0.39, 0.29) is 23.3 Å². The predicted molar refractivity (Wildman–Crippen MR) is 129 cm³/mol. The third-order valence-corrected chi connectivity index (χ3v) is 7.39. The number of nitrogens with one attached hydrogen (secondary N) is 1. The number of amides is 1. The highest BCUT2D eigenvalue weighted by Crippen LogP contribution is 2.24. The predicted octanol–water partition coefficient (Wildman–Crippen LogP) is 4.41. The number of carbonyl (C=O) groups is 1. The number of benzene rings is 3. The van der Waals surface area contributed by atoms with Crippen LogP contribution in [-0.2, 0) is 27.7 Å². The van der Waals surface area contributed by atoms with Crippen LogP contribution in [-0.4, -0.2) is 38.9 Å². The Balaban J connectivity index is 1.37. The lowest BCUT2D eigenvalue weighted by molar-refractivity contribution is -0.131. The number of methoxy groups -OCH3 is 1. The molecule has 1 saturated heterocycles. The van der Waals surface area contributed by atoms with Crippen molar-refractivity contribution >= 4 is 21.6 Å². The van der Waals surface area contributed by atoms with Crippen LogP contribution in [0.1, 0.15) is 24.0 Å². The van der Waals surface area contributed by atoms with E-state index in [4.69, 9.17) is 4.74 Å². The molecule has 1 amide bonds. The first kappa shape index (κ1) is 23.8. The van der Waals surface area contributed by atoms with Crippen molar-refractivity contribution in [2.24, 2.45) is 0 Å². The summed E-state index contributed by atoms with van der Waals surface area (Å²) in [7, 11) is -2.18. The minimum atomic E-state index is -3.82. The molecular weight excluding hydrogens is 455 g/mol. The van der Waals surface area contributed by atoms with E-state index in [0.717, 1.165) is 54.8 Å². The summed E-state index contributed by atoms with van der Waals surface area (Å²) in [5.41, 5.74) is 2.32. The molecule has 3 aromatic rings. The van der Waals surface area contributed by atoms with Crippen LogP contribution in [0.4, 0.5) is 10.1 Å². The maximum absolute atomic E-state index is 13.1. The molecule has 8 heteroatoms. The van der Waals surface area contributed by atoms with Gasteiger partial charge in [0, 0.05) is 18.3 Å². The quantitative estimate of drug-likeness (QED) is 0.516. The Hall–Kier alpha value is -3.39. The van der Waals surface area contributed by atoms with E-state index < -0.39 is 15.8 Å². The fourth-order valence-corrected chi connectivity index (χ4v) is 5.30. The smallest absolute Gasteiger partial charge is 0.261 e. The highest BCUT2D eigenvalue weighted by molar-refractivity contribution is 7.92. The summed E-state index contributed by atoms with van der Waals surface area (Å²) >= 11 is 0. The average molecular weight is 483 g/mol. The monoisotopic (exact) mass is 482 g/mol. The van der Waals surface area contributed by atoms with Gasteiger partial charge in [-0.05, 0) is 78.9 Å². The molecule has 0 radical (unpaired) electrons. The molecule has 3 aromatic carbocycles. The summed E-state index contributed by atoms with van der Waals surface area (Å²) < 4.78 is 45.8. The van der Waals surface area contributed by atoms with Crippen LogP contribution in [0.2, 0.25) is 0 Å². The van der Waals surface area contributed by atoms with Gasteiger partial charge in [-0.15, -0.1) is 0 Å². The zero-order chi connectivity index (χ0) is 24.1. The number of carbonyl (C=O) groups excluding carboxylic acids is 1. The molecule has 6 nitrogen and oxygen atoms in total. The Bertz CT molecular complexity index is 1240. The molecule has 0 spiro atoms. The number of ether oxygens (including phenoxy) is 1. The normalized spacial score (nSPS) is 15.8. The lowest BCUT2D eigenvalue weighted by Gasteiger charge is -2.25. The second-order valence-corrected chi connectivity index (χ2v) is 10.1. The van der Waals surface area contributed by atoms with Crippen LogP contribution in [0.5, 0.6) is 5.75 Å². The molecule has 1 fully saturated rings. The molecule has 0 aliphatic carbocycles. The zero-order valence-corrected chi connectivity index (χ0v) is 19.7. The van der Waals surface area contributed by atoms with Gasteiger partial charge in [0.15, 0.2) is 0 Å². The number of anilines is 1. The molecule has 1 unspecified atom stereocenters. The summed E-state index contributed by atoms with van der Waals surface area (Å²) in [5, 5.41) is 0. The van der Waals surface area contributed by atoms with Crippen molar-refractivity contribution in [3.63, 3.8) is 0 Å². The number of rotatable bonds is 8. The van der Waals surface area contributed by atoms with Gasteiger partial charge < -0.3 is 9.64 Å². The number of nitrogens with zero attached hydrogens (tertiary/aromatic N) is 1. The number of sulfonamides is 1. The van der Waals surface area contributed by atoms with E-state index in [2.05, 4.69) is 10.8 Å². The Morgan fingerprint density at radius 1 is 1.06 bits per heavy atom. The maximum atomic E-state index is 13.1. The van der Waals surface area contributed by atoms with E-state index in [1.165, 1.54) is 12.1 Å². The minimum absolute atomic E-state index is 0.0238. The van der Waals surface area contributed by atoms with Crippen LogP contribution in [0, 0.1) is 5.82 Å². The summed E-state index contributed by atoms with van der Waals surface area (Å²) in [6.07, 6.45) is 2.98. The van der Waals surface area contributed by atoms with E-state index in [0.29, 0.717) is 5.69 Å². The topological polar surface area (TPSA) is 75.7 Å². The summed E-state index contributed by atoms with van der Waals surface area (Å²) in [6, 6.07) is 19.4. The highest BCUT2D eigenvalue weighted by atomic mass is 32.2. The van der Waals surface area contributed by atoms with Crippen molar-refractivity contribution in [1.29, 1.82) is 0 Å². The average Bonchev–Trinajstić information content (AvgIpc) is 3.29. The molecule has 4 rings (SSSR count). The number of hydrogen-bond acceptors (Lipinski definition) is 4. The van der Waals surface area contributed by atoms with Crippen LogP contribution in [0.15, 0.2) is 77.7 Å². The first-order chi connectivity index (χ1) is 16.3. The van der Waals surface area contributed by atoms with Gasteiger partial charge in [-0.1, -0.05) is 24.3 Å². The Morgan fingerprint density at radius 3 is 2.50 bits per heavy atom. The molecule has 1 atom stereocenters. The molecule has 1 aliphatic heterocycles. The van der Waals surface area contributed by atoms with Gasteiger partial charge in [-0.25, -0.2) is 12.8 Å².